The van der Waals surface area contributed by atoms with Crippen LogP contribution in [0.4, 0.5) is 4.39 Å². The number of rotatable bonds is 2. The standard InChI is InChI=1S/C21H14ClFN2O2S/c1-28(27,20-7-3-5-18(22)12-20)25-21(26)17-10-16(13-24-14-17)9-8-15-4-2-6-19(23)11-15/h2-7,10-14H,1H3. The highest BCUT2D eigenvalue weighted by molar-refractivity contribution is 7.93. The summed E-state index contributed by atoms with van der Waals surface area (Å²) < 4.78 is 29.9. The van der Waals surface area contributed by atoms with E-state index in [-0.39, 0.29) is 11.4 Å². The molecule has 28 heavy (non-hydrogen) atoms. The predicted molar refractivity (Wildman–Crippen MR) is 107 cm³/mol. The summed E-state index contributed by atoms with van der Waals surface area (Å²) in [5.74, 6) is 4.57. The molecule has 0 saturated carbocycles. The minimum atomic E-state index is -2.97. The van der Waals surface area contributed by atoms with Gasteiger partial charge >= 0.3 is 0 Å². The molecule has 0 radical (unpaired) electrons. The van der Waals surface area contributed by atoms with E-state index >= 15 is 0 Å². The van der Waals surface area contributed by atoms with Crippen LogP contribution in [0.15, 0.2) is 76.2 Å². The Morgan fingerprint density at radius 2 is 1.82 bits per heavy atom. The fraction of sp³-hybridized carbons (Fsp3) is 0.0476. The van der Waals surface area contributed by atoms with Crippen molar-refractivity contribution in [3.05, 3.63) is 94.5 Å². The smallest absolute Gasteiger partial charge is 0.266 e. The summed E-state index contributed by atoms with van der Waals surface area (Å²) in [7, 11) is -2.97. The van der Waals surface area contributed by atoms with E-state index in [0.29, 0.717) is 21.0 Å². The van der Waals surface area contributed by atoms with Crippen molar-refractivity contribution in [2.75, 3.05) is 6.26 Å². The molecule has 0 fully saturated rings. The maximum atomic E-state index is 13.2. The van der Waals surface area contributed by atoms with Crippen LogP contribution in [0, 0.1) is 17.7 Å². The Morgan fingerprint density at radius 3 is 2.57 bits per heavy atom. The third kappa shape index (κ3) is 5.03. The van der Waals surface area contributed by atoms with Crippen molar-refractivity contribution in [3.8, 4) is 11.8 Å². The SMILES string of the molecule is CS(=O)(=NC(=O)c1cncc(C#Cc2cccc(F)c2)c1)c1cccc(Cl)c1. The number of carbonyl (C=O) groups excluding carboxylic acids is 1. The topological polar surface area (TPSA) is 59.4 Å². The molecule has 0 spiro atoms. The Kier molecular flexibility index (Phi) is 5.88. The van der Waals surface area contributed by atoms with Crippen LogP contribution in [-0.4, -0.2) is 21.4 Å². The van der Waals surface area contributed by atoms with Gasteiger partial charge in [0.15, 0.2) is 0 Å². The summed E-state index contributed by atoms with van der Waals surface area (Å²) in [5.41, 5.74) is 1.11. The molecule has 0 aliphatic rings. The third-order valence-electron chi connectivity index (χ3n) is 3.65. The number of pyridine rings is 1. The van der Waals surface area contributed by atoms with E-state index in [9.17, 15) is 13.4 Å². The molecule has 7 heteroatoms. The summed E-state index contributed by atoms with van der Waals surface area (Å²) in [6, 6.07) is 13.8. The molecule has 0 N–H and O–H groups in total. The number of amides is 1. The van der Waals surface area contributed by atoms with E-state index in [4.69, 9.17) is 11.6 Å². The molecular formula is C21H14ClFN2O2S. The molecular weight excluding hydrogens is 399 g/mol. The van der Waals surface area contributed by atoms with Crippen LogP contribution in [0.1, 0.15) is 21.5 Å². The maximum Gasteiger partial charge on any atom is 0.286 e. The van der Waals surface area contributed by atoms with Crippen LogP contribution in [0.5, 0.6) is 0 Å². The molecule has 3 rings (SSSR count). The summed E-state index contributed by atoms with van der Waals surface area (Å²) in [6.07, 6.45) is 4.17. The zero-order valence-corrected chi connectivity index (χ0v) is 16.3. The van der Waals surface area contributed by atoms with Crippen molar-refractivity contribution in [2.45, 2.75) is 4.90 Å². The van der Waals surface area contributed by atoms with E-state index in [0.717, 1.165) is 0 Å². The van der Waals surface area contributed by atoms with Crippen molar-refractivity contribution in [1.29, 1.82) is 0 Å². The van der Waals surface area contributed by atoms with Gasteiger partial charge in [0.05, 0.1) is 15.3 Å². The van der Waals surface area contributed by atoms with Crippen molar-refractivity contribution >= 4 is 27.2 Å². The van der Waals surface area contributed by atoms with Gasteiger partial charge in [0.25, 0.3) is 5.91 Å². The highest BCUT2D eigenvalue weighted by atomic mass is 35.5. The number of carbonyl (C=O) groups is 1. The van der Waals surface area contributed by atoms with Crippen molar-refractivity contribution in [3.63, 3.8) is 0 Å². The van der Waals surface area contributed by atoms with Gasteiger partial charge in [-0.25, -0.2) is 8.60 Å². The van der Waals surface area contributed by atoms with E-state index in [1.807, 2.05) is 0 Å². The van der Waals surface area contributed by atoms with Gasteiger partial charge in [-0.1, -0.05) is 35.6 Å². The van der Waals surface area contributed by atoms with Crippen molar-refractivity contribution in [1.82, 2.24) is 4.98 Å². The number of benzene rings is 2. The zero-order valence-electron chi connectivity index (χ0n) is 14.7. The molecule has 1 aromatic heterocycles. The minimum Gasteiger partial charge on any atom is -0.266 e. The first-order valence-electron chi connectivity index (χ1n) is 8.08. The summed E-state index contributed by atoms with van der Waals surface area (Å²) in [4.78, 5) is 16.8. The van der Waals surface area contributed by atoms with Crippen LogP contribution in [0.3, 0.4) is 0 Å². The molecule has 4 nitrogen and oxygen atoms in total. The molecule has 1 heterocycles. The summed E-state index contributed by atoms with van der Waals surface area (Å²) in [6.45, 7) is 0. The van der Waals surface area contributed by atoms with Crippen molar-refractivity contribution < 1.29 is 13.4 Å². The van der Waals surface area contributed by atoms with Gasteiger partial charge in [-0.15, -0.1) is 0 Å². The summed E-state index contributed by atoms with van der Waals surface area (Å²) >= 11 is 5.92. The Hall–Kier alpha value is -3.01. The van der Waals surface area contributed by atoms with Gasteiger partial charge in [-0.05, 0) is 42.5 Å². The lowest BCUT2D eigenvalue weighted by molar-refractivity contribution is 0.100. The lowest BCUT2D eigenvalue weighted by Crippen LogP contribution is -2.04. The molecule has 0 aliphatic heterocycles. The van der Waals surface area contributed by atoms with Gasteiger partial charge < -0.3 is 0 Å². The third-order valence-corrected chi connectivity index (χ3v) is 5.53. The average Bonchev–Trinajstić information content (AvgIpc) is 2.66. The summed E-state index contributed by atoms with van der Waals surface area (Å²) in [5, 5.41) is 0.408. The van der Waals surface area contributed by atoms with Gasteiger partial charge in [-0.2, -0.15) is 4.36 Å². The molecule has 3 aromatic rings. The van der Waals surface area contributed by atoms with Gasteiger partial charge in [0.2, 0.25) is 0 Å². The number of nitrogens with zero attached hydrogens (tertiary/aromatic N) is 2. The average molecular weight is 413 g/mol. The quantitative estimate of drug-likeness (QED) is 0.579. The van der Waals surface area contributed by atoms with Crippen molar-refractivity contribution in [2.24, 2.45) is 4.36 Å². The number of hydrogen-bond donors (Lipinski definition) is 0. The zero-order chi connectivity index (χ0) is 20.1. The Bertz CT molecular complexity index is 1240. The van der Waals surface area contributed by atoms with E-state index in [2.05, 4.69) is 21.2 Å². The van der Waals surface area contributed by atoms with Crippen LogP contribution >= 0.6 is 11.6 Å². The Balaban J connectivity index is 1.90. The van der Waals surface area contributed by atoms with E-state index in [1.54, 1.807) is 30.3 Å². The Morgan fingerprint density at radius 1 is 1.07 bits per heavy atom. The molecule has 1 unspecified atom stereocenters. The van der Waals surface area contributed by atoms with Crippen LogP contribution < -0.4 is 0 Å². The molecule has 2 aromatic carbocycles. The van der Waals surface area contributed by atoms with E-state index in [1.165, 1.54) is 42.9 Å². The molecule has 0 saturated heterocycles. The predicted octanol–water partition coefficient (Wildman–Crippen LogP) is 4.57. The fourth-order valence-electron chi connectivity index (χ4n) is 2.30. The molecule has 1 atom stereocenters. The monoisotopic (exact) mass is 412 g/mol. The first kappa shape index (κ1) is 19.7. The number of halogens is 2. The molecule has 1 amide bonds. The van der Waals surface area contributed by atoms with E-state index < -0.39 is 15.6 Å². The Labute approximate surface area is 167 Å². The molecule has 140 valence electrons. The van der Waals surface area contributed by atoms with Crippen LogP contribution in [0.25, 0.3) is 0 Å². The first-order valence-corrected chi connectivity index (χ1v) is 10.4. The minimum absolute atomic E-state index is 0.155. The highest BCUT2D eigenvalue weighted by Crippen LogP contribution is 2.18. The molecule has 0 aliphatic carbocycles. The van der Waals surface area contributed by atoms with Crippen LogP contribution in [0.2, 0.25) is 5.02 Å². The number of aromatic nitrogens is 1. The lowest BCUT2D eigenvalue weighted by Gasteiger charge is -2.04. The largest absolute Gasteiger partial charge is 0.286 e. The van der Waals surface area contributed by atoms with Gasteiger partial charge in [-0.3, -0.25) is 9.78 Å². The second-order valence-electron chi connectivity index (χ2n) is 5.88. The second kappa shape index (κ2) is 8.34. The number of hydrogen-bond acceptors (Lipinski definition) is 3. The normalized spacial score (nSPS) is 12.4. The van der Waals surface area contributed by atoms with Gasteiger partial charge in [0, 0.05) is 39.7 Å². The first-order chi connectivity index (χ1) is 13.3. The maximum absolute atomic E-state index is 13.2. The highest BCUT2D eigenvalue weighted by Gasteiger charge is 2.12. The lowest BCUT2D eigenvalue weighted by atomic mass is 10.1. The second-order valence-corrected chi connectivity index (χ2v) is 8.57. The van der Waals surface area contributed by atoms with Gasteiger partial charge in [0.1, 0.15) is 5.82 Å². The molecule has 0 bridgehead atoms. The van der Waals surface area contributed by atoms with Crippen LogP contribution in [-0.2, 0) is 9.73 Å². The fourth-order valence-corrected chi connectivity index (χ4v) is 3.76.